The molecule has 1 amide bonds. The summed E-state index contributed by atoms with van der Waals surface area (Å²) < 4.78 is 11.4. The van der Waals surface area contributed by atoms with Crippen molar-refractivity contribution in [2.75, 3.05) is 40.3 Å². The lowest BCUT2D eigenvalue weighted by Crippen LogP contribution is -2.47. The molecule has 0 radical (unpaired) electrons. The molecule has 40 heavy (non-hydrogen) atoms. The molecule has 4 aromatic rings. The van der Waals surface area contributed by atoms with Gasteiger partial charge in [0.15, 0.2) is 28.4 Å². The molecular formula is C30H30N2O8. The highest BCUT2D eigenvalue weighted by molar-refractivity contribution is 5.94. The van der Waals surface area contributed by atoms with Gasteiger partial charge in [-0.1, -0.05) is 36.4 Å². The fourth-order valence-electron chi connectivity index (χ4n) is 5.10. The number of phenols is 4. The molecule has 1 aliphatic rings. The molecule has 0 unspecified atom stereocenters. The summed E-state index contributed by atoms with van der Waals surface area (Å²) in [7, 11) is 3.36. The first-order valence-electron chi connectivity index (χ1n) is 12.8. The molecule has 1 aromatic heterocycles. The highest BCUT2D eigenvalue weighted by Crippen LogP contribution is 2.50. The molecule has 3 aromatic carbocycles. The maximum atomic E-state index is 13.6. The predicted octanol–water partition coefficient (Wildman–Crippen LogP) is 3.59. The normalized spacial score (nSPS) is 14.8. The van der Waals surface area contributed by atoms with Crippen LogP contribution in [0.5, 0.6) is 28.7 Å². The van der Waals surface area contributed by atoms with Gasteiger partial charge in [0.2, 0.25) is 11.7 Å². The maximum Gasteiger partial charge on any atom is 0.223 e. The molecular weight excluding hydrogens is 516 g/mol. The Kier molecular flexibility index (Phi) is 7.27. The Bertz CT molecular complexity index is 1630. The van der Waals surface area contributed by atoms with Crippen LogP contribution in [0.2, 0.25) is 0 Å². The SMILES string of the molecule is COc1cc([C@@H](CC(=O)N2CCN(C)CC2)c2c(O)c(O)c(O)c3c(=O)cc(-c4ccccc4)oc23)ccc1O. The van der Waals surface area contributed by atoms with Gasteiger partial charge in [-0.25, -0.2) is 0 Å². The van der Waals surface area contributed by atoms with Crippen LogP contribution < -0.4 is 10.2 Å². The number of carbonyl (C=O) groups is 1. The van der Waals surface area contributed by atoms with Crippen LogP contribution in [0.3, 0.4) is 0 Å². The summed E-state index contributed by atoms with van der Waals surface area (Å²) in [5, 5.41) is 42.5. The molecule has 5 rings (SSSR count). The molecule has 208 valence electrons. The van der Waals surface area contributed by atoms with E-state index in [1.807, 2.05) is 13.1 Å². The van der Waals surface area contributed by atoms with E-state index < -0.39 is 28.6 Å². The number of piperazine rings is 1. The molecule has 1 fully saturated rings. The van der Waals surface area contributed by atoms with Crippen LogP contribution >= 0.6 is 0 Å². The molecule has 1 atom stereocenters. The van der Waals surface area contributed by atoms with Crippen LogP contribution in [-0.2, 0) is 4.79 Å². The Labute approximate surface area is 229 Å². The number of fused-ring (bicyclic) bond motifs is 1. The molecule has 0 saturated carbocycles. The fraction of sp³-hybridized carbons (Fsp3) is 0.267. The number of likely N-dealkylation sites (N-methyl/N-ethyl adjacent to an activating group) is 1. The fourth-order valence-corrected chi connectivity index (χ4v) is 5.10. The number of benzene rings is 3. The van der Waals surface area contributed by atoms with Gasteiger partial charge < -0.3 is 39.4 Å². The van der Waals surface area contributed by atoms with Gasteiger partial charge in [0, 0.05) is 55.7 Å². The summed E-state index contributed by atoms with van der Waals surface area (Å²) in [5.74, 6) is -3.43. The first-order valence-corrected chi connectivity index (χ1v) is 12.8. The Morgan fingerprint density at radius 2 is 1.65 bits per heavy atom. The molecule has 2 heterocycles. The van der Waals surface area contributed by atoms with E-state index in [-0.39, 0.29) is 46.1 Å². The zero-order valence-electron chi connectivity index (χ0n) is 22.1. The zero-order chi connectivity index (χ0) is 28.6. The van der Waals surface area contributed by atoms with Crippen molar-refractivity contribution in [3.8, 4) is 40.1 Å². The van der Waals surface area contributed by atoms with Gasteiger partial charge in [0.25, 0.3) is 0 Å². The summed E-state index contributed by atoms with van der Waals surface area (Å²) in [6.45, 7) is 2.43. The second kappa shape index (κ2) is 10.8. The van der Waals surface area contributed by atoms with Gasteiger partial charge in [-0.15, -0.1) is 0 Å². The van der Waals surface area contributed by atoms with Gasteiger partial charge in [-0.05, 0) is 24.7 Å². The van der Waals surface area contributed by atoms with Crippen molar-refractivity contribution in [1.82, 2.24) is 9.80 Å². The Hall–Kier alpha value is -4.70. The van der Waals surface area contributed by atoms with Crippen LogP contribution in [0, 0.1) is 0 Å². The minimum Gasteiger partial charge on any atom is -0.504 e. The number of rotatable bonds is 6. The lowest BCUT2D eigenvalue weighted by Gasteiger charge is -2.33. The number of aromatic hydroxyl groups is 4. The number of nitrogens with zero attached hydrogens (tertiary/aromatic N) is 2. The van der Waals surface area contributed by atoms with Crippen molar-refractivity contribution in [2.45, 2.75) is 12.3 Å². The van der Waals surface area contributed by atoms with Gasteiger partial charge >= 0.3 is 0 Å². The smallest absolute Gasteiger partial charge is 0.223 e. The average Bonchev–Trinajstić information content (AvgIpc) is 2.96. The molecule has 0 spiro atoms. The Balaban J connectivity index is 1.75. The van der Waals surface area contributed by atoms with E-state index in [0.29, 0.717) is 37.3 Å². The van der Waals surface area contributed by atoms with Crippen molar-refractivity contribution in [3.63, 3.8) is 0 Å². The van der Waals surface area contributed by atoms with Crippen LogP contribution in [0.25, 0.3) is 22.3 Å². The van der Waals surface area contributed by atoms with Gasteiger partial charge in [-0.2, -0.15) is 0 Å². The molecule has 0 bridgehead atoms. The minimum absolute atomic E-state index is 0.0459. The second-order valence-corrected chi connectivity index (χ2v) is 9.88. The van der Waals surface area contributed by atoms with Gasteiger partial charge in [0.05, 0.1) is 7.11 Å². The van der Waals surface area contributed by atoms with E-state index in [1.54, 1.807) is 35.2 Å². The summed E-state index contributed by atoms with van der Waals surface area (Å²) >= 11 is 0. The summed E-state index contributed by atoms with van der Waals surface area (Å²) in [5.41, 5.74) is 0.182. The Morgan fingerprint density at radius 1 is 0.950 bits per heavy atom. The second-order valence-electron chi connectivity index (χ2n) is 9.88. The number of phenolic OH excluding ortho intramolecular Hbond substituents is 4. The molecule has 10 heteroatoms. The van der Waals surface area contributed by atoms with E-state index in [9.17, 15) is 30.0 Å². The molecule has 1 saturated heterocycles. The zero-order valence-corrected chi connectivity index (χ0v) is 22.1. The number of hydrogen-bond donors (Lipinski definition) is 4. The van der Waals surface area contributed by atoms with Gasteiger partial charge in [0.1, 0.15) is 16.7 Å². The highest BCUT2D eigenvalue weighted by Gasteiger charge is 2.33. The van der Waals surface area contributed by atoms with Gasteiger partial charge in [-0.3, -0.25) is 9.59 Å². The molecule has 1 aliphatic heterocycles. The number of ether oxygens (including phenoxy) is 1. The van der Waals surface area contributed by atoms with E-state index in [2.05, 4.69) is 4.90 Å². The van der Waals surface area contributed by atoms with Crippen molar-refractivity contribution in [3.05, 3.63) is 75.9 Å². The average molecular weight is 547 g/mol. The monoisotopic (exact) mass is 546 g/mol. The maximum absolute atomic E-state index is 13.6. The third kappa shape index (κ3) is 4.89. The van der Waals surface area contributed by atoms with Crippen molar-refractivity contribution < 1.29 is 34.4 Å². The molecule has 4 N–H and O–H groups in total. The molecule has 0 aliphatic carbocycles. The highest BCUT2D eigenvalue weighted by atomic mass is 16.5. The first kappa shape index (κ1) is 26.9. The molecule has 10 nitrogen and oxygen atoms in total. The summed E-state index contributed by atoms with van der Waals surface area (Å²) in [4.78, 5) is 30.7. The van der Waals surface area contributed by atoms with E-state index in [1.165, 1.54) is 25.3 Å². The van der Waals surface area contributed by atoms with Crippen molar-refractivity contribution >= 4 is 16.9 Å². The number of methoxy groups -OCH3 is 1. The van der Waals surface area contributed by atoms with E-state index >= 15 is 0 Å². The lowest BCUT2D eigenvalue weighted by molar-refractivity contribution is -0.133. The standard InChI is InChI=1S/C30H30N2O8/c1-31-10-12-32(13-11-31)24(35)15-19(18-8-9-20(33)23(14-18)39-2)25-27(36)29(38)28(37)26-21(34)16-22(40-30(25)26)17-6-4-3-5-7-17/h3-9,14,16,19,33,36-38H,10-13,15H2,1-2H3/t19-/m1/s1. The van der Waals surface area contributed by atoms with Crippen LogP contribution in [-0.4, -0.2) is 76.5 Å². The Morgan fingerprint density at radius 3 is 2.33 bits per heavy atom. The van der Waals surface area contributed by atoms with E-state index in [4.69, 9.17) is 9.15 Å². The van der Waals surface area contributed by atoms with Crippen LogP contribution in [0.15, 0.2) is 63.8 Å². The van der Waals surface area contributed by atoms with Crippen LogP contribution in [0.4, 0.5) is 0 Å². The third-order valence-corrected chi connectivity index (χ3v) is 7.38. The number of amides is 1. The summed E-state index contributed by atoms with van der Waals surface area (Å²) in [6, 6.07) is 14.5. The number of hydrogen-bond acceptors (Lipinski definition) is 9. The van der Waals surface area contributed by atoms with Crippen molar-refractivity contribution in [2.24, 2.45) is 0 Å². The topological polar surface area (TPSA) is 144 Å². The quantitative estimate of drug-likeness (QED) is 0.267. The summed E-state index contributed by atoms with van der Waals surface area (Å²) in [6.07, 6.45) is -0.163. The largest absolute Gasteiger partial charge is 0.504 e. The lowest BCUT2D eigenvalue weighted by atomic mass is 9.85. The number of carbonyl (C=O) groups excluding carboxylic acids is 1. The first-order chi connectivity index (χ1) is 19.2. The van der Waals surface area contributed by atoms with Crippen molar-refractivity contribution in [1.29, 1.82) is 0 Å². The third-order valence-electron chi connectivity index (χ3n) is 7.38. The van der Waals surface area contributed by atoms with E-state index in [0.717, 1.165) is 0 Å². The minimum atomic E-state index is -0.954. The predicted molar refractivity (Wildman–Crippen MR) is 148 cm³/mol. The van der Waals surface area contributed by atoms with Crippen LogP contribution in [0.1, 0.15) is 23.5 Å².